The number of nitrogens with zero attached hydrogens (tertiary/aromatic N) is 3. The van der Waals surface area contributed by atoms with Crippen molar-refractivity contribution in [2.45, 2.75) is 20.0 Å². The van der Waals surface area contributed by atoms with E-state index < -0.39 is 0 Å². The molecule has 2 aromatic carbocycles. The molecule has 0 radical (unpaired) electrons. The Morgan fingerprint density at radius 3 is 2.30 bits per heavy atom. The minimum absolute atomic E-state index is 0.746. The second-order valence-electron chi connectivity index (χ2n) is 5.62. The molecule has 0 saturated carbocycles. The van der Waals surface area contributed by atoms with Crippen LogP contribution in [0.3, 0.4) is 0 Å². The Balaban J connectivity index is 1.82. The van der Waals surface area contributed by atoms with Gasteiger partial charge in [-0.3, -0.25) is 0 Å². The molecule has 2 aromatic rings. The molecule has 0 N–H and O–H groups in total. The first kappa shape index (κ1) is 11.4. The topological polar surface area (TPSA) is 30.3 Å². The van der Waals surface area contributed by atoms with Crippen LogP contribution >= 0.6 is 0 Å². The molecule has 3 nitrogen and oxygen atoms in total. The minimum atomic E-state index is 0.746. The van der Waals surface area contributed by atoms with E-state index in [0.717, 1.165) is 25.3 Å². The van der Waals surface area contributed by atoms with Crippen molar-refractivity contribution >= 4 is 11.4 Å². The maximum Gasteiger partial charge on any atom is 0.0991 e. The Labute approximate surface area is 118 Å². The third kappa shape index (κ3) is 1.58. The van der Waals surface area contributed by atoms with Crippen LogP contribution in [0.4, 0.5) is 11.4 Å². The highest BCUT2D eigenvalue weighted by molar-refractivity contribution is 5.68. The lowest BCUT2D eigenvalue weighted by Crippen LogP contribution is -2.46. The van der Waals surface area contributed by atoms with Gasteiger partial charge in [0.1, 0.15) is 0 Å². The van der Waals surface area contributed by atoms with Crippen molar-refractivity contribution < 1.29 is 0 Å². The number of benzene rings is 2. The van der Waals surface area contributed by atoms with Crippen molar-refractivity contribution in [3.05, 3.63) is 58.7 Å². The quantitative estimate of drug-likeness (QED) is 0.729. The molecule has 20 heavy (non-hydrogen) atoms. The van der Waals surface area contributed by atoms with Gasteiger partial charge in [-0.25, -0.2) is 0 Å². The zero-order valence-electron chi connectivity index (χ0n) is 11.4. The smallest absolute Gasteiger partial charge is 0.0991 e. The van der Waals surface area contributed by atoms with Gasteiger partial charge in [0.25, 0.3) is 0 Å². The van der Waals surface area contributed by atoms with Crippen molar-refractivity contribution in [1.82, 2.24) is 0 Å². The summed E-state index contributed by atoms with van der Waals surface area (Å²) in [6.07, 6.45) is 0. The molecular formula is C17H15N3. The summed E-state index contributed by atoms with van der Waals surface area (Å²) in [5, 5.41) is 9.05. The molecule has 98 valence electrons. The van der Waals surface area contributed by atoms with Crippen LogP contribution in [-0.2, 0) is 13.1 Å². The van der Waals surface area contributed by atoms with Gasteiger partial charge in [-0.05, 0) is 42.3 Å². The first-order valence-electron chi connectivity index (χ1n) is 6.87. The van der Waals surface area contributed by atoms with Crippen molar-refractivity contribution in [1.29, 1.82) is 5.26 Å². The van der Waals surface area contributed by atoms with Crippen LogP contribution in [0.2, 0.25) is 0 Å². The minimum Gasteiger partial charge on any atom is -0.349 e. The summed E-state index contributed by atoms with van der Waals surface area (Å²) in [4.78, 5) is 4.78. The summed E-state index contributed by atoms with van der Waals surface area (Å²) >= 11 is 0. The first-order valence-corrected chi connectivity index (χ1v) is 6.87. The van der Waals surface area contributed by atoms with Gasteiger partial charge in [0.2, 0.25) is 0 Å². The monoisotopic (exact) mass is 261 g/mol. The van der Waals surface area contributed by atoms with Crippen LogP contribution < -0.4 is 9.80 Å². The second-order valence-corrected chi connectivity index (χ2v) is 5.62. The van der Waals surface area contributed by atoms with Gasteiger partial charge in [0, 0.05) is 24.5 Å². The average Bonchev–Trinajstić information content (AvgIpc) is 2.46. The number of rotatable bonds is 0. The highest BCUT2D eigenvalue weighted by Gasteiger charge is 2.29. The molecule has 2 aliphatic rings. The van der Waals surface area contributed by atoms with Crippen LogP contribution in [0, 0.1) is 18.3 Å². The molecule has 0 unspecified atom stereocenters. The van der Waals surface area contributed by atoms with Gasteiger partial charge in [-0.15, -0.1) is 0 Å². The summed E-state index contributed by atoms with van der Waals surface area (Å²) in [5.74, 6) is 0. The van der Waals surface area contributed by atoms with E-state index in [1.54, 1.807) is 0 Å². The highest BCUT2D eigenvalue weighted by Crippen LogP contribution is 2.38. The van der Waals surface area contributed by atoms with Crippen molar-refractivity contribution in [2.75, 3.05) is 16.5 Å². The number of hydrogen-bond donors (Lipinski definition) is 0. The van der Waals surface area contributed by atoms with Gasteiger partial charge < -0.3 is 9.80 Å². The second kappa shape index (κ2) is 4.01. The zero-order valence-corrected chi connectivity index (χ0v) is 11.4. The van der Waals surface area contributed by atoms with Crippen LogP contribution in [0.5, 0.6) is 0 Å². The summed E-state index contributed by atoms with van der Waals surface area (Å²) in [6, 6.07) is 14.9. The van der Waals surface area contributed by atoms with Crippen LogP contribution in [0.25, 0.3) is 0 Å². The SMILES string of the molecule is Cc1ccc2c(c1)CN1CN2Cc2cc(C#N)ccc21. The zero-order chi connectivity index (χ0) is 13.7. The molecule has 2 heterocycles. The molecule has 0 atom stereocenters. The van der Waals surface area contributed by atoms with Gasteiger partial charge in [0.15, 0.2) is 0 Å². The Morgan fingerprint density at radius 1 is 0.950 bits per heavy atom. The van der Waals surface area contributed by atoms with Gasteiger partial charge in [-0.2, -0.15) is 5.26 Å². The normalized spacial score (nSPS) is 15.4. The standard InChI is InChI=1S/C17H15N3/c1-12-2-4-16-14(6-12)9-19-11-20(16)10-15-7-13(8-18)3-5-17(15)19/h2-7H,9-11H2,1H3. The van der Waals surface area contributed by atoms with E-state index in [-0.39, 0.29) is 0 Å². The maximum absolute atomic E-state index is 9.05. The number of fused-ring (bicyclic) bond motifs is 6. The lowest BCUT2D eigenvalue weighted by molar-refractivity contribution is 0.650. The Morgan fingerprint density at radius 2 is 1.60 bits per heavy atom. The van der Waals surface area contributed by atoms with E-state index in [9.17, 15) is 0 Å². The molecule has 0 saturated heterocycles. The van der Waals surface area contributed by atoms with E-state index in [0.29, 0.717) is 0 Å². The molecular weight excluding hydrogens is 246 g/mol. The largest absolute Gasteiger partial charge is 0.349 e. The van der Waals surface area contributed by atoms with Crippen molar-refractivity contribution in [3.63, 3.8) is 0 Å². The fraction of sp³-hybridized carbons (Fsp3) is 0.235. The summed E-state index contributed by atoms with van der Waals surface area (Å²) in [5.41, 5.74) is 7.31. The maximum atomic E-state index is 9.05. The number of anilines is 2. The molecule has 4 rings (SSSR count). The van der Waals surface area contributed by atoms with E-state index in [1.807, 2.05) is 12.1 Å². The average molecular weight is 261 g/mol. The summed E-state index contributed by atoms with van der Waals surface area (Å²) < 4.78 is 0. The first-order chi connectivity index (χ1) is 9.74. The predicted molar refractivity (Wildman–Crippen MR) is 79.6 cm³/mol. The number of hydrogen-bond acceptors (Lipinski definition) is 3. The molecule has 0 spiro atoms. The van der Waals surface area contributed by atoms with Crippen LogP contribution in [0.15, 0.2) is 36.4 Å². The van der Waals surface area contributed by atoms with Gasteiger partial charge in [-0.1, -0.05) is 17.7 Å². The van der Waals surface area contributed by atoms with Crippen LogP contribution in [-0.4, -0.2) is 6.67 Å². The molecule has 0 aromatic heterocycles. The Bertz CT molecular complexity index is 742. The lowest BCUT2D eigenvalue weighted by atomic mass is 9.99. The molecule has 2 bridgehead atoms. The fourth-order valence-electron chi connectivity index (χ4n) is 3.28. The molecule has 2 aliphatic heterocycles. The van der Waals surface area contributed by atoms with Crippen LogP contribution in [0.1, 0.15) is 22.3 Å². The van der Waals surface area contributed by atoms with E-state index in [1.165, 1.54) is 28.1 Å². The number of nitriles is 1. The lowest BCUT2D eigenvalue weighted by Gasteiger charge is -2.44. The molecule has 3 heteroatoms. The van der Waals surface area contributed by atoms with E-state index in [2.05, 4.69) is 47.1 Å². The summed E-state index contributed by atoms with van der Waals surface area (Å²) in [6.45, 7) is 4.92. The van der Waals surface area contributed by atoms with Crippen molar-refractivity contribution in [3.8, 4) is 6.07 Å². The van der Waals surface area contributed by atoms with Gasteiger partial charge in [0.05, 0.1) is 18.3 Å². The third-order valence-corrected chi connectivity index (χ3v) is 4.19. The van der Waals surface area contributed by atoms with E-state index in [4.69, 9.17) is 5.26 Å². The van der Waals surface area contributed by atoms with Gasteiger partial charge >= 0.3 is 0 Å². The predicted octanol–water partition coefficient (Wildman–Crippen LogP) is 3.16. The Hall–Kier alpha value is -2.47. The van der Waals surface area contributed by atoms with Crippen molar-refractivity contribution in [2.24, 2.45) is 0 Å². The summed E-state index contributed by atoms with van der Waals surface area (Å²) in [7, 11) is 0. The fourth-order valence-corrected chi connectivity index (χ4v) is 3.28. The van der Waals surface area contributed by atoms with E-state index >= 15 is 0 Å². The third-order valence-electron chi connectivity index (χ3n) is 4.19. The molecule has 0 aliphatic carbocycles. The highest BCUT2D eigenvalue weighted by atomic mass is 15.4. The molecule has 0 fully saturated rings. The molecule has 0 amide bonds. The number of aryl methyl sites for hydroxylation is 1. The Kier molecular flexibility index (Phi) is 2.28.